The number of amides is 2. The summed E-state index contributed by atoms with van der Waals surface area (Å²) in [5.41, 5.74) is -0.404. The molecule has 132 valence electrons. The molecule has 6 heteroatoms. The third-order valence-corrected chi connectivity index (χ3v) is 5.56. The van der Waals surface area contributed by atoms with Crippen molar-refractivity contribution >= 4 is 6.03 Å². The van der Waals surface area contributed by atoms with Crippen molar-refractivity contribution in [3.8, 4) is 11.5 Å². The van der Waals surface area contributed by atoms with Crippen LogP contribution in [0.5, 0.6) is 11.5 Å². The fraction of sp³-hybridized carbons (Fsp3) is 0.611. The lowest BCUT2D eigenvalue weighted by Gasteiger charge is -2.46. The van der Waals surface area contributed by atoms with Crippen LogP contribution in [-0.2, 0) is 10.3 Å². The van der Waals surface area contributed by atoms with Gasteiger partial charge in [0.1, 0.15) is 22.6 Å². The number of hydrogen-bond donors (Lipinski definition) is 2. The summed E-state index contributed by atoms with van der Waals surface area (Å²) >= 11 is 0. The molecule has 1 aliphatic carbocycles. The predicted octanol–water partition coefficient (Wildman–Crippen LogP) is 2.60. The molecule has 2 amide bonds. The molecule has 1 spiro atoms. The molecule has 1 saturated carbocycles. The summed E-state index contributed by atoms with van der Waals surface area (Å²) in [7, 11) is 5.16. The molecule has 0 bridgehead atoms. The van der Waals surface area contributed by atoms with Crippen LogP contribution >= 0.6 is 0 Å². The molecule has 24 heavy (non-hydrogen) atoms. The first-order valence-electron chi connectivity index (χ1n) is 8.36. The number of hydrogen-bond acceptors (Lipinski definition) is 4. The van der Waals surface area contributed by atoms with Gasteiger partial charge in [-0.05, 0) is 50.8 Å². The number of methoxy groups -OCH3 is 1. The lowest BCUT2D eigenvalue weighted by atomic mass is 9.69. The van der Waals surface area contributed by atoms with Crippen molar-refractivity contribution in [1.29, 1.82) is 0 Å². The maximum absolute atomic E-state index is 12.4. The van der Waals surface area contributed by atoms with Gasteiger partial charge in [-0.15, -0.1) is 0 Å². The first-order valence-corrected chi connectivity index (χ1v) is 8.36. The average Bonchev–Trinajstić information content (AvgIpc) is 2.77. The van der Waals surface area contributed by atoms with Crippen molar-refractivity contribution in [2.75, 3.05) is 21.2 Å². The molecule has 0 radical (unpaired) electrons. The Bertz CT molecular complexity index is 638. The van der Waals surface area contributed by atoms with Crippen LogP contribution in [0.3, 0.4) is 0 Å². The fourth-order valence-corrected chi connectivity index (χ4v) is 3.96. The quantitative estimate of drug-likeness (QED) is 0.872. The number of phenolic OH excluding ortho intramolecular Hbond substituents is 1. The van der Waals surface area contributed by atoms with Crippen LogP contribution in [0, 0.1) is 0 Å². The molecule has 0 aromatic heterocycles. The third-order valence-electron chi connectivity index (χ3n) is 5.56. The van der Waals surface area contributed by atoms with Gasteiger partial charge >= 0.3 is 6.03 Å². The molecule has 1 aliphatic heterocycles. The van der Waals surface area contributed by atoms with Crippen molar-refractivity contribution < 1.29 is 19.4 Å². The van der Waals surface area contributed by atoms with Gasteiger partial charge in [0, 0.05) is 26.8 Å². The van der Waals surface area contributed by atoms with Crippen LogP contribution in [0.4, 0.5) is 4.79 Å². The van der Waals surface area contributed by atoms with Crippen molar-refractivity contribution in [3.63, 3.8) is 0 Å². The minimum absolute atomic E-state index is 0.172. The first kappa shape index (κ1) is 16.9. The molecule has 2 aliphatic rings. The highest BCUT2D eigenvalue weighted by Gasteiger charge is 2.59. The molecule has 1 heterocycles. The standard InChI is InChI=1S/C18H26N2O4/c1-17(19-16(22)20(2)3)14-11-12(21)5-6-15(14)24-18(17)9-7-13(23-4)8-10-18/h5-6,11,13,21H,7-10H2,1-4H3,(H,19,22)/t13?,17-,18?/m0/s1. The number of nitrogens with zero attached hydrogens (tertiary/aromatic N) is 1. The number of urea groups is 1. The lowest BCUT2D eigenvalue weighted by molar-refractivity contribution is -0.0590. The van der Waals surface area contributed by atoms with Gasteiger partial charge < -0.3 is 24.8 Å². The average molecular weight is 334 g/mol. The first-order chi connectivity index (χ1) is 11.3. The van der Waals surface area contributed by atoms with Gasteiger partial charge in [0.05, 0.1) is 6.10 Å². The summed E-state index contributed by atoms with van der Waals surface area (Å²) in [6.07, 6.45) is 3.55. The summed E-state index contributed by atoms with van der Waals surface area (Å²) in [4.78, 5) is 13.9. The van der Waals surface area contributed by atoms with E-state index in [4.69, 9.17) is 9.47 Å². The van der Waals surface area contributed by atoms with E-state index in [2.05, 4.69) is 5.32 Å². The third kappa shape index (κ3) is 2.49. The van der Waals surface area contributed by atoms with Crippen LogP contribution in [0.2, 0.25) is 0 Å². The zero-order valence-electron chi connectivity index (χ0n) is 14.8. The summed E-state index contributed by atoms with van der Waals surface area (Å²) < 4.78 is 11.9. The second-order valence-electron chi connectivity index (χ2n) is 7.16. The van der Waals surface area contributed by atoms with Crippen molar-refractivity contribution in [2.45, 2.75) is 49.9 Å². The van der Waals surface area contributed by atoms with E-state index in [9.17, 15) is 9.90 Å². The number of carbonyl (C=O) groups excluding carboxylic acids is 1. The second kappa shape index (κ2) is 5.84. The number of ether oxygens (including phenoxy) is 2. The molecular formula is C18H26N2O4. The molecule has 3 rings (SSSR count). The molecule has 1 atom stereocenters. The highest BCUT2D eigenvalue weighted by molar-refractivity contribution is 5.75. The molecular weight excluding hydrogens is 308 g/mol. The highest BCUT2D eigenvalue weighted by Crippen LogP contribution is 2.54. The van der Waals surface area contributed by atoms with Crippen LogP contribution in [0.1, 0.15) is 38.2 Å². The molecule has 0 unspecified atom stereocenters. The maximum Gasteiger partial charge on any atom is 0.317 e. The Morgan fingerprint density at radius 3 is 2.62 bits per heavy atom. The van der Waals surface area contributed by atoms with Crippen molar-refractivity contribution in [1.82, 2.24) is 10.2 Å². The number of benzene rings is 1. The topological polar surface area (TPSA) is 71.0 Å². The van der Waals surface area contributed by atoms with Gasteiger partial charge in [0.25, 0.3) is 0 Å². The van der Waals surface area contributed by atoms with E-state index in [-0.39, 0.29) is 17.9 Å². The SMILES string of the molecule is COC1CCC2(CC1)Oc1ccc(O)cc1[C@]2(C)NC(=O)N(C)C. The summed E-state index contributed by atoms with van der Waals surface area (Å²) in [5, 5.41) is 13.1. The molecule has 6 nitrogen and oxygen atoms in total. The molecule has 2 N–H and O–H groups in total. The van der Waals surface area contributed by atoms with Crippen molar-refractivity contribution in [3.05, 3.63) is 23.8 Å². The summed E-state index contributed by atoms with van der Waals surface area (Å²) in [6, 6.07) is 4.92. The normalized spacial score (nSPS) is 31.4. The Labute approximate surface area is 142 Å². The Balaban J connectivity index is 2.01. The number of fused-ring (bicyclic) bond motifs is 1. The minimum atomic E-state index is -0.707. The van der Waals surface area contributed by atoms with Gasteiger partial charge in [-0.1, -0.05) is 0 Å². The Kier molecular flexibility index (Phi) is 4.11. The van der Waals surface area contributed by atoms with Crippen LogP contribution in [-0.4, -0.2) is 48.9 Å². The second-order valence-corrected chi connectivity index (χ2v) is 7.16. The zero-order valence-corrected chi connectivity index (χ0v) is 14.8. The predicted molar refractivity (Wildman–Crippen MR) is 90.3 cm³/mol. The van der Waals surface area contributed by atoms with E-state index in [0.717, 1.165) is 37.0 Å². The number of aromatic hydroxyl groups is 1. The lowest BCUT2D eigenvalue weighted by Crippen LogP contribution is -2.62. The zero-order chi connectivity index (χ0) is 17.5. The number of rotatable bonds is 2. The number of nitrogens with one attached hydrogen (secondary N) is 1. The smallest absolute Gasteiger partial charge is 0.317 e. The van der Waals surface area contributed by atoms with Gasteiger partial charge in [-0.25, -0.2) is 4.79 Å². The van der Waals surface area contributed by atoms with E-state index in [1.807, 2.05) is 6.92 Å². The molecule has 1 aromatic carbocycles. The maximum atomic E-state index is 12.4. The Morgan fingerprint density at radius 2 is 2.04 bits per heavy atom. The van der Waals surface area contributed by atoms with E-state index in [1.54, 1.807) is 39.4 Å². The van der Waals surface area contributed by atoms with Crippen LogP contribution < -0.4 is 10.1 Å². The minimum Gasteiger partial charge on any atom is -0.508 e. The fourth-order valence-electron chi connectivity index (χ4n) is 3.96. The van der Waals surface area contributed by atoms with Crippen molar-refractivity contribution in [2.24, 2.45) is 0 Å². The number of carbonyl (C=O) groups is 1. The van der Waals surface area contributed by atoms with E-state index in [0.29, 0.717) is 0 Å². The van der Waals surface area contributed by atoms with E-state index < -0.39 is 11.1 Å². The van der Waals surface area contributed by atoms with E-state index in [1.165, 1.54) is 4.90 Å². The van der Waals surface area contributed by atoms with Gasteiger partial charge in [0.15, 0.2) is 0 Å². The molecule has 0 saturated heterocycles. The number of phenols is 1. The largest absolute Gasteiger partial charge is 0.508 e. The molecule has 1 aromatic rings. The Morgan fingerprint density at radius 1 is 1.38 bits per heavy atom. The van der Waals surface area contributed by atoms with Gasteiger partial charge in [0.2, 0.25) is 0 Å². The van der Waals surface area contributed by atoms with Gasteiger partial charge in [-0.2, -0.15) is 0 Å². The summed E-state index contributed by atoms with van der Waals surface area (Å²) in [5.74, 6) is 0.899. The van der Waals surface area contributed by atoms with Crippen LogP contribution in [0.25, 0.3) is 0 Å². The molecule has 1 fully saturated rings. The Hall–Kier alpha value is -1.95. The highest BCUT2D eigenvalue weighted by atomic mass is 16.5. The summed E-state index contributed by atoms with van der Waals surface area (Å²) in [6.45, 7) is 1.99. The van der Waals surface area contributed by atoms with Crippen LogP contribution in [0.15, 0.2) is 18.2 Å². The monoisotopic (exact) mass is 334 g/mol. The van der Waals surface area contributed by atoms with Gasteiger partial charge in [-0.3, -0.25) is 0 Å². The van der Waals surface area contributed by atoms with E-state index >= 15 is 0 Å².